The number of hydrogen-bond donors (Lipinski definition) is 2. The van der Waals surface area contributed by atoms with Crippen LogP contribution in [0.2, 0.25) is 0 Å². The summed E-state index contributed by atoms with van der Waals surface area (Å²) < 4.78 is 14.9. The van der Waals surface area contributed by atoms with Crippen LogP contribution in [0.1, 0.15) is 33.4 Å². The zero-order valence-corrected chi connectivity index (χ0v) is 26.8. The largest absolute Gasteiger partial charge is 0.378 e. The van der Waals surface area contributed by atoms with Crippen molar-refractivity contribution >= 4 is 10.8 Å². The number of benzene rings is 7. The molecule has 1 aliphatic heterocycles. The maximum Gasteiger partial charge on any atom is 0.223 e. The van der Waals surface area contributed by atoms with E-state index < -0.39 is 29.2 Å². The van der Waals surface area contributed by atoms with Crippen LogP contribution in [-0.2, 0) is 26.5 Å². The second-order valence-corrected chi connectivity index (χ2v) is 12.6. The van der Waals surface area contributed by atoms with E-state index in [1.54, 1.807) is 0 Å². The van der Waals surface area contributed by atoms with Crippen LogP contribution >= 0.6 is 0 Å². The van der Waals surface area contributed by atoms with E-state index in [0.29, 0.717) is 22.3 Å². The van der Waals surface area contributed by atoms with Crippen LogP contribution in [0.5, 0.6) is 0 Å². The van der Waals surface area contributed by atoms with Gasteiger partial charge < -0.3 is 19.7 Å². The highest BCUT2D eigenvalue weighted by Gasteiger charge is 2.64. The quantitative estimate of drug-likeness (QED) is 0.175. The Balaban J connectivity index is 1.48. The van der Waals surface area contributed by atoms with Gasteiger partial charge >= 0.3 is 0 Å². The van der Waals surface area contributed by atoms with E-state index in [0.717, 1.165) is 21.9 Å². The fourth-order valence-corrected chi connectivity index (χ4v) is 7.47. The first kappa shape index (κ1) is 30.9. The Hall–Kier alpha value is -5.36. The molecule has 1 saturated heterocycles. The number of hydrogen-bond acceptors (Lipinski definition) is 4. The summed E-state index contributed by atoms with van der Waals surface area (Å²) >= 11 is 0. The summed E-state index contributed by atoms with van der Waals surface area (Å²) in [6, 6.07) is 62.2. The average molecular weight is 641 g/mol. The minimum Gasteiger partial charge on any atom is -0.378 e. The van der Waals surface area contributed by atoms with Crippen LogP contribution in [0, 0.1) is 0 Å². The number of fused-ring (bicyclic) bond motifs is 1. The third-order valence-electron chi connectivity index (χ3n) is 9.84. The SMILES string of the molecule is OC(c1ccccc1)(c1ccccc1)[C@@H]1OC(c2ccccc2)(c2cccc3ccccc23)O[C@H]1C(O)(c1ccccc1)c1ccccc1. The molecule has 0 aliphatic carbocycles. The third kappa shape index (κ3) is 5.09. The van der Waals surface area contributed by atoms with Gasteiger partial charge in [0.2, 0.25) is 5.79 Å². The Bertz CT molecular complexity index is 1970. The van der Waals surface area contributed by atoms with Crippen molar-refractivity contribution < 1.29 is 19.7 Å². The molecule has 4 heteroatoms. The molecule has 1 heterocycles. The van der Waals surface area contributed by atoms with Crippen LogP contribution in [-0.4, -0.2) is 22.4 Å². The molecule has 0 spiro atoms. The Morgan fingerprint density at radius 2 is 0.735 bits per heavy atom. The van der Waals surface area contributed by atoms with Crippen LogP contribution < -0.4 is 0 Å². The van der Waals surface area contributed by atoms with Gasteiger partial charge in [-0.15, -0.1) is 0 Å². The molecule has 0 radical (unpaired) electrons. The van der Waals surface area contributed by atoms with Gasteiger partial charge in [-0.2, -0.15) is 0 Å². The lowest BCUT2D eigenvalue weighted by molar-refractivity contribution is -0.175. The molecule has 0 amide bonds. The van der Waals surface area contributed by atoms with Gasteiger partial charge in [-0.1, -0.05) is 194 Å². The van der Waals surface area contributed by atoms with E-state index in [2.05, 4.69) is 18.2 Å². The number of aliphatic hydroxyl groups is 2. The lowest BCUT2D eigenvalue weighted by atomic mass is 9.72. The molecule has 240 valence electrons. The van der Waals surface area contributed by atoms with Crippen molar-refractivity contribution in [3.05, 3.63) is 228 Å². The number of rotatable bonds is 8. The van der Waals surface area contributed by atoms with Crippen molar-refractivity contribution in [1.82, 2.24) is 0 Å². The fraction of sp³-hybridized carbons (Fsp3) is 0.111. The van der Waals surface area contributed by atoms with Gasteiger partial charge in [-0.3, -0.25) is 0 Å². The molecular formula is C45H36O4. The van der Waals surface area contributed by atoms with Crippen LogP contribution in [0.4, 0.5) is 0 Å². The van der Waals surface area contributed by atoms with E-state index in [4.69, 9.17) is 9.47 Å². The second kappa shape index (κ2) is 12.6. The highest BCUT2D eigenvalue weighted by Crippen LogP contribution is 2.55. The average Bonchev–Trinajstić information content (AvgIpc) is 3.62. The zero-order chi connectivity index (χ0) is 33.3. The predicted octanol–water partition coefficient (Wildman–Crippen LogP) is 8.70. The molecule has 1 fully saturated rings. The minimum absolute atomic E-state index is 0.616. The first-order valence-electron chi connectivity index (χ1n) is 16.6. The molecule has 7 aromatic carbocycles. The molecule has 2 N–H and O–H groups in total. The number of ether oxygens (including phenoxy) is 2. The first-order chi connectivity index (χ1) is 24.0. The maximum absolute atomic E-state index is 13.5. The minimum atomic E-state index is -1.77. The smallest absolute Gasteiger partial charge is 0.223 e. The highest BCUT2D eigenvalue weighted by molar-refractivity contribution is 5.87. The third-order valence-corrected chi connectivity index (χ3v) is 9.84. The molecule has 2 atom stereocenters. The molecule has 4 nitrogen and oxygen atoms in total. The molecule has 8 rings (SSSR count). The van der Waals surface area contributed by atoms with E-state index in [9.17, 15) is 10.2 Å². The Morgan fingerprint density at radius 1 is 0.388 bits per heavy atom. The summed E-state index contributed by atoms with van der Waals surface area (Å²) in [6.07, 6.45) is -2.27. The highest BCUT2D eigenvalue weighted by atomic mass is 16.8. The summed E-state index contributed by atoms with van der Waals surface area (Å²) in [5.41, 5.74) is 0.435. The van der Waals surface area contributed by atoms with E-state index in [1.165, 1.54) is 0 Å². The summed E-state index contributed by atoms with van der Waals surface area (Å²) in [6.45, 7) is 0. The van der Waals surface area contributed by atoms with Gasteiger partial charge in [0.15, 0.2) is 0 Å². The van der Waals surface area contributed by atoms with Crippen LogP contribution in [0.25, 0.3) is 10.8 Å². The monoisotopic (exact) mass is 640 g/mol. The van der Waals surface area contributed by atoms with Gasteiger partial charge in [0, 0.05) is 11.1 Å². The zero-order valence-electron chi connectivity index (χ0n) is 26.8. The van der Waals surface area contributed by atoms with Gasteiger partial charge in [0.25, 0.3) is 0 Å². The molecule has 49 heavy (non-hydrogen) atoms. The maximum atomic E-state index is 13.5. The molecule has 0 unspecified atom stereocenters. The standard InChI is InChI=1S/C45H36O4/c46-43(34-21-6-1-7-22-34,35-23-8-2-9-24-35)41-42(44(47,36-25-10-3-11-26-36)37-27-12-4-13-28-37)49-45(48-41,38-29-14-5-15-30-38)40-32-18-20-33-19-16-17-31-39(33)40/h1-32,41-42,46-47H/t41-,42-/m1/s1. The Kier molecular flexibility index (Phi) is 7.95. The van der Waals surface area contributed by atoms with Gasteiger partial charge in [-0.05, 0) is 33.0 Å². The van der Waals surface area contributed by atoms with Crippen LogP contribution in [0.3, 0.4) is 0 Å². The predicted molar refractivity (Wildman–Crippen MR) is 193 cm³/mol. The fourth-order valence-electron chi connectivity index (χ4n) is 7.47. The van der Waals surface area contributed by atoms with Crippen molar-refractivity contribution in [3.63, 3.8) is 0 Å². The summed E-state index contributed by atoms with van der Waals surface area (Å²) in [5, 5.41) is 29.0. The van der Waals surface area contributed by atoms with Crippen molar-refractivity contribution in [3.8, 4) is 0 Å². The normalized spacial score (nSPS) is 17.6. The van der Waals surface area contributed by atoms with E-state index >= 15 is 0 Å². The Labute approximate surface area is 286 Å². The molecule has 7 aromatic rings. The molecule has 1 aliphatic rings. The van der Waals surface area contributed by atoms with Gasteiger partial charge in [-0.25, -0.2) is 0 Å². The Morgan fingerprint density at radius 3 is 1.16 bits per heavy atom. The van der Waals surface area contributed by atoms with Crippen molar-refractivity contribution in [2.45, 2.75) is 29.2 Å². The second-order valence-electron chi connectivity index (χ2n) is 12.6. The van der Waals surface area contributed by atoms with Gasteiger partial charge in [0.05, 0.1) is 0 Å². The molecular weight excluding hydrogens is 604 g/mol. The summed E-state index contributed by atoms with van der Waals surface area (Å²) in [4.78, 5) is 0. The van der Waals surface area contributed by atoms with Crippen molar-refractivity contribution in [2.75, 3.05) is 0 Å². The molecule has 0 aromatic heterocycles. The topological polar surface area (TPSA) is 58.9 Å². The molecule has 0 saturated carbocycles. The lowest BCUT2D eigenvalue weighted by Gasteiger charge is -2.42. The summed E-state index contributed by atoms with van der Waals surface area (Å²) in [5.74, 6) is -1.54. The first-order valence-corrected chi connectivity index (χ1v) is 16.6. The van der Waals surface area contributed by atoms with Crippen molar-refractivity contribution in [2.24, 2.45) is 0 Å². The van der Waals surface area contributed by atoms with Crippen molar-refractivity contribution in [1.29, 1.82) is 0 Å². The summed E-state index contributed by atoms with van der Waals surface area (Å²) in [7, 11) is 0. The lowest BCUT2D eigenvalue weighted by Crippen LogP contribution is -2.54. The van der Waals surface area contributed by atoms with Crippen LogP contribution in [0.15, 0.2) is 194 Å². The van der Waals surface area contributed by atoms with Gasteiger partial charge in [0.1, 0.15) is 23.4 Å². The van der Waals surface area contributed by atoms with E-state index in [1.807, 2.05) is 176 Å². The van der Waals surface area contributed by atoms with E-state index in [-0.39, 0.29) is 0 Å². The molecule has 0 bridgehead atoms.